The summed E-state index contributed by atoms with van der Waals surface area (Å²) in [5, 5.41) is 5.34. The number of aromatic nitrogens is 1. The molecule has 0 unspecified atom stereocenters. The number of hydrazine groups is 1. The Balaban J connectivity index is 1.61. The monoisotopic (exact) mass is 472 g/mol. The summed E-state index contributed by atoms with van der Waals surface area (Å²) in [5.41, 5.74) is 9.21. The van der Waals surface area contributed by atoms with E-state index >= 15 is 0 Å². The van der Waals surface area contributed by atoms with E-state index < -0.39 is 29.6 Å². The fraction of sp³-hybridized carbons (Fsp3) is 0.348. The molecule has 2 heterocycles. The molecule has 1 saturated carbocycles. The van der Waals surface area contributed by atoms with Gasteiger partial charge in [-0.1, -0.05) is 12.1 Å². The van der Waals surface area contributed by atoms with Crippen molar-refractivity contribution in [2.24, 2.45) is 11.6 Å². The van der Waals surface area contributed by atoms with Crippen molar-refractivity contribution < 1.29 is 23.2 Å². The SMILES string of the molecule is Cc1c(C(=O)C(=O)NC2(/C(N)=C/NN)CC2)c2n(c1C(=O)Nc1cccc(C(F)F)c1)CCC2. The molecular weight excluding hydrogens is 446 g/mol. The number of benzene rings is 1. The van der Waals surface area contributed by atoms with E-state index in [1.807, 2.05) is 0 Å². The number of nitrogens with two attached hydrogens (primary N) is 2. The van der Waals surface area contributed by atoms with Gasteiger partial charge in [-0.15, -0.1) is 0 Å². The lowest BCUT2D eigenvalue weighted by atomic mass is 10.0. The van der Waals surface area contributed by atoms with Gasteiger partial charge in [0.15, 0.2) is 0 Å². The molecule has 0 saturated heterocycles. The molecule has 2 aliphatic rings. The summed E-state index contributed by atoms with van der Waals surface area (Å²) < 4.78 is 27.8. The van der Waals surface area contributed by atoms with E-state index in [0.717, 1.165) is 0 Å². The van der Waals surface area contributed by atoms with Crippen LogP contribution in [-0.2, 0) is 17.8 Å². The molecule has 4 rings (SSSR count). The number of halogens is 2. The zero-order valence-electron chi connectivity index (χ0n) is 18.6. The van der Waals surface area contributed by atoms with Crippen LogP contribution >= 0.6 is 0 Å². The molecule has 7 N–H and O–H groups in total. The molecule has 2 aromatic rings. The largest absolute Gasteiger partial charge is 0.399 e. The van der Waals surface area contributed by atoms with Crippen molar-refractivity contribution in [2.75, 3.05) is 5.32 Å². The molecule has 0 radical (unpaired) electrons. The Morgan fingerprint density at radius 3 is 2.62 bits per heavy atom. The quantitative estimate of drug-likeness (QED) is 0.172. The van der Waals surface area contributed by atoms with Gasteiger partial charge in [0.25, 0.3) is 24.0 Å². The molecule has 1 aromatic heterocycles. The maximum atomic E-state index is 13.2. The Morgan fingerprint density at radius 1 is 1.24 bits per heavy atom. The highest BCUT2D eigenvalue weighted by Gasteiger charge is 2.48. The smallest absolute Gasteiger partial charge is 0.293 e. The Kier molecular flexibility index (Phi) is 6.13. The van der Waals surface area contributed by atoms with Gasteiger partial charge in [-0.2, -0.15) is 0 Å². The van der Waals surface area contributed by atoms with Gasteiger partial charge >= 0.3 is 0 Å². The van der Waals surface area contributed by atoms with E-state index in [-0.39, 0.29) is 22.5 Å². The number of fused-ring (bicyclic) bond motifs is 1. The van der Waals surface area contributed by atoms with Gasteiger partial charge in [0.1, 0.15) is 5.69 Å². The van der Waals surface area contributed by atoms with Crippen LogP contribution in [0.1, 0.15) is 63.4 Å². The number of carbonyl (C=O) groups is 3. The summed E-state index contributed by atoms with van der Waals surface area (Å²) in [5.74, 6) is 3.16. The van der Waals surface area contributed by atoms with Gasteiger partial charge in [0.2, 0.25) is 0 Å². The van der Waals surface area contributed by atoms with E-state index in [9.17, 15) is 23.2 Å². The molecule has 1 aliphatic carbocycles. The second-order valence-corrected chi connectivity index (χ2v) is 8.56. The van der Waals surface area contributed by atoms with Gasteiger partial charge in [-0.25, -0.2) is 8.78 Å². The first-order valence-electron chi connectivity index (χ1n) is 10.9. The summed E-state index contributed by atoms with van der Waals surface area (Å²) in [6.45, 7) is 2.11. The highest BCUT2D eigenvalue weighted by atomic mass is 19.3. The summed E-state index contributed by atoms with van der Waals surface area (Å²) in [6, 6.07) is 5.41. The average molecular weight is 472 g/mol. The number of carbonyl (C=O) groups excluding carboxylic acids is 3. The standard InChI is InChI=1S/C23H26F2N6O3/c1-12-17(19(32)22(34)30-23(7-8-23)16(26)11-28-27)15-6-3-9-31(15)18(12)21(33)29-14-5-2-4-13(10-14)20(24)25/h2,4-5,10-11,20,28H,3,6-9,26-27H2,1H3,(H,29,33)(H,30,34)/b16-11-. The predicted molar refractivity (Wildman–Crippen MR) is 121 cm³/mol. The minimum Gasteiger partial charge on any atom is -0.399 e. The third kappa shape index (κ3) is 4.14. The van der Waals surface area contributed by atoms with E-state index in [1.54, 1.807) is 11.5 Å². The van der Waals surface area contributed by atoms with Crippen molar-refractivity contribution in [1.82, 2.24) is 15.3 Å². The average Bonchev–Trinajstić information content (AvgIpc) is 3.33. The molecule has 34 heavy (non-hydrogen) atoms. The van der Waals surface area contributed by atoms with E-state index in [2.05, 4.69) is 16.1 Å². The number of rotatable bonds is 8. The lowest BCUT2D eigenvalue weighted by molar-refractivity contribution is -0.117. The Hall–Kier alpha value is -3.73. The highest BCUT2D eigenvalue weighted by Crippen LogP contribution is 2.40. The molecule has 1 aromatic carbocycles. The first-order chi connectivity index (χ1) is 16.2. The number of ketones is 1. The van der Waals surface area contributed by atoms with Crippen molar-refractivity contribution in [3.63, 3.8) is 0 Å². The molecule has 1 aliphatic heterocycles. The lowest BCUT2D eigenvalue weighted by Crippen LogP contribution is -2.45. The van der Waals surface area contributed by atoms with Crippen molar-refractivity contribution in [3.8, 4) is 0 Å². The minimum atomic E-state index is -2.67. The van der Waals surface area contributed by atoms with Crippen LogP contribution in [-0.4, -0.2) is 27.7 Å². The molecule has 1 fully saturated rings. The van der Waals surface area contributed by atoms with E-state index in [4.69, 9.17) is 11.6 Å². The molecule has 0 bridgehead atoms. The van der Waals surface area contributed by atoms with Crippen LogP contribution in [0.5, 0.6) is 0 Å². The number of hydrogen-bond donors (Lipinski definition) is 5. The van der Waals surface area contributed by atoms with Gasteiger partial charge in [-0.05, 0) is 50.3 Å². The molecular formula is C23H26F2N6O3. The number of hydrogen-bond acceptors (Lipinski definition) is 6. The number of amides is 2. The summed E-state index contributed by atoms with van der Waals surface area (Å²) in [7, 11) is 0. The zero-order valence-corrected chi connectivity index (χ0v) is 18.6. The van der Waals surface area contributed by atoms with Crippen LogP contribution in [0, 0.1) is 6.92 Å². The van der Waals surface area contributed by atoms with Crippen molar-refractivity contribution >= 4 is 23.3 Å². The second kappa shape index (κ2) is 8.90. The molecule has 0 spiro atoms. The minimum absolute atomic E-state index is 0.191. The normalized spacial score (nSPS) is 16.2. The zero-order chi connectivity index (χ0) is 24.6. The van der Waals surface area contributed by atoms with Crippen LogP contribution in [0.15, 0.2) is 36.2 Å². The number of Topliss-reactive ketones (excluding diaryl/α,β-unsaturated/α-hetero) is 1. The lowest BCUT2D eigenvalue weighted by Gasteiger charge is -2.17. The Labute approximate surface area is 194 Å². The van der Waals surface area contributed by atoms with E-state index in [0.29, 0.717) is 49.2 Å². The van der Waals surface area contributed by atoms with Gasteiger partial charge in [0.05, 0.1) is 16.8 Å². The van der Waals surface area contributed by atoms with Crippen molar-refractivity contribution in [1.29, 1.82) is 0 Å². The van der Waals surface area contributed by atoms with Crippen LogP contribution in [0.2, 0.25) is 0 Å². The number of nitrogens with zero attached hydrogens (tertiary/aromatic N) is 1. The topological polar surface area (TPSA) is 144 Å². The summed E-state index contributed by atoms with van der Waals surface area (Å²) in [6.07, 6.45) is 1.10. The van der Waals surface area contributed by atoms with Crippen LogP contribution in [0.4, 0.5) is 14.5 Å². The highest BCUT2D eigenvalue weighted by molar-refractivity contribution is 6.44. The van der Waals surface area contributed by atoms with Crippen LogP contribution < -0.4 is 27.6 Å². The maximum absolute atomic E-state index is 13.2. The van der Waals surface area contributed by atoms with Crippen LogP contribution in [0.25, 0.3) is 0 Å². The molecule has 9 nitrogen and oxygen atoms in total. The summed E-state index contributed by atoms with van der Waals surface area (Å²) >= 11 is 0. The molecule has 180 valence electrons. The number of anilines is 1. The fourth-order valence-electron chi connectivity index (χ4n) is 4.48. The van der Waals surface area contributed by atoms with Crippen molar-refractivity contribution in [2.45, 2.75) is 51.1 Å². The number of nitrogens with one attached hydrogen (secondary N) is 3. The van der Waals surface area contributed by atoms with Gasteiger partial charge < -0.3 is 26.4 Å². The van der Waals surface area contributed by atoms with E-state index in [1.165, 1.54) is 30.5 Å². The predicted octanol–water partition coefficient (Wildman–Crippen LogP) is 2.03. The summed E-state index contributed by atoms with van der Waals surface area (Å²) in [4.78, 5) is 39.1. The molecule has 11 heteroatoms. The molecule has 2 amide bonds. The third-order valence-corrected chi connectivity index (χ3v) is 6.35. The van der Waals surface area contributed by atoms with Crippen LogP contribution in [0.3, 0.4) is 0 Å². The van der Waals surface area contributed by atoms with Gasteiger partial charge in [-0.3, -0.25) is 20.2 Å². The molecule has 0 atom stereocenters. The number of alkyl halides is 2. The first-order valence-corrected chi connectivity index (χ1v) is 10.9. The van der Waals surface area contributed by atoms with Crippen molar-refractivity contribution in [3.05, 3.63) is 64.2 Å². The Bertz CT molecular complexity index is 1200. The van der Waals surface area contributed by atoms with Gasteiger partial charge in [0, 0.05) is 29.7 Å². The maximum Gasteiger partial charge on any atom is 0.293 e. The first kappa shape index (κ1) is 23.4. The third-order valence-electron chi connectivity index (χ3n) is 6.35. The fourth-order valence-corrected chi connectivity index (χ4v) is 4.48. The Morgan fingerprint density at radius 2 is 1.97 bits per heavy atom. The second-order valence-electron chi connectivity index (χ2n) is 8.56.